The van der Waals surface area contributed by atoms with Gasteiger partial charge in [0.25, 0.3) is 0 Å². The summed E-state index contributed by atoms with van der Waals surface area (Å²) < 4.78 is 5.53. The van der Waals surface area contributed by atoms with E-state index >= 15 is 0 Å². The Kier molecular flexibility index (Phi) is 7.23. The second kappa shape index (κ2) is 8.45. The van der Waals surface area contributed by atoms with Crippen LogP contribution in [0.4, 0.5) is 0 Å². The van der Waals surface area contributed by atoms with Crippen molar-refractivity contribution < 1.29 is 9.53 Å². The predicted molar refractivity (Wildman–Crippen MR) is 72.7 cm³/mol. The van der Waals surface area contributed by atoms with E-state index in [1.807, 2.05) is 25.9 Å². The summed E-state index contributed by atoms with van der Waals surface area (Å²) >= 11 is 0. The molecule has 0 aromatic heterocycles. The standard InChI is InChI=1S/C13H27N3O2/c1-4-14-12-6-5-7-16(13(12)17)9-11-18-10-8-15(2)3/h12,14H,4-11H2,1-3H3. The van der Waals surface area contributed by atoms with E-state index in [0.717, 1.165) is 39.1 Å². The number of rotatable bonds is 8. The van der Waals surface area contributed by atoms with Gasteiger partial charge in [-0.25, -0.2) is 0 Å². The van der Waals surface area contributed by atoms with Crippen molar-refractivity contribution in [2.75, 3.05) is 53.5 Å². The van der Waals surface area contributed by atoms with E-state index in [-0.39, 0.29) is 11.9 Å². The number of likely N-dealkylation sites (tertiary alicyclic amines) is 1. The first-order valence-corrected chi connectivity index (χ1v) is 6.89. The minimum absolute atomic E-state index is 0.0190. The van der Waals surface area contributed by atoms with Gasteiger partial charge in [0.1, 0.15) is 0 Å². The lowest BCUT2D eigenvalue weighted by molar-refractivity contribution is -0.136. The lowest BCUT2D eigenvalue weighted by Gasteiger charge is -2.32. The molecule has 1 atom stereocenters. The first-order valence-electron chi connectivity index (χ1n) is 6.89. The molecule has 5 nitrogen and oxygen atoms in total. The summed E-state index contributed by atoms with van der Waals surface area (Å²) in [7, 11) is 4.05. The molecule has 0 aliphatic carbocycles. The minimum Gasteiger partial charge on any atom is -0.378 e. The quantitative estimate of drug-likeness (QED) is 0.629. The first kappa shape index (κ1) is 15.4. The molecule has 1 fully saturated rings. The van der Waals surface area contributed by atoms with Crippen LogP contribution in [-0.4, -0.2) is 75.2 Å². The highest BCUT2D eigenvalue weighted by atomic mass is 16.5. The van der Waals surface area contributed by atoms with Gasteiger partial charge in [0, 0.05) is 19.6 Å². The van der Waals surface area contributed by atoms with Crippen molar-refractivity contribution in [1.82, 2.24) is 15.1 Å². The van der Waals surface area contributed by atoms with Gasteiger partial charge < -0.3 is 19.9 Å². The van der Waals surface area contributed by atoms with Crippen LogP contribution >= 0.6 is 0 Å². The number of amides is 1. The third-order valence-electron chi connectivity index (χ3n) is 3.17. The van der Waals surface area contributed by atoms with Crippen molar-refractivity contribution in [1.29, 1.82) is 0 Å². The third kappa shape index (κ3) is 5.33. The molecule has 0 aromatic rings. The normalized spacial score (nSPS) is 20.8. The Balaban J connectivity index is 2.18. The summed E-state index contributed by atoms with van der Waals surface area (Å²) in [5.74, 6) is 0.235. The Labute approximate surface area is 110 Å². The Morgan fingerprint density at radius 3 is 2.89 bits per heavy atom. The van der Waals surface area contributed by atoms with Gasteiger partial charge in [-0.15, -0.1) is 0 Å². The molecule has 0 radical (unpaired) electrons. The number of likely N-dealkylation sites (N-methyl/N-ethyl adjacent to an activating group) is 2. The average Bonchev–Trinajstić information content (AvgIpc) is 2.33. The highest BCUT2D eigenvalue weighted by Gasteiger charge is 2.27. The van der Waals surface area contributed by atoms with E-state index in [1.165, 1.54) is 0 Å². The van der Waals surface area contributed by atoms with Gasteiger partial charge in [0.15, 0.2) is 0 Å². The van der Waals surface area contributed by atoms with Crippen molar-refractivity contribution in [3.8, 4) is 0 Å². The average molecular weight is 257 g/mol. The summed E-state index contributed by atoms with van der Waals surface area (Å²) in [5, 5.41) is 3.24. The number of nitrogens with one attached hydrogen (secondary N) is 1. The highest BCUT2D eigenvalue weighted by molar-refractivity contribution is 5.82. The van der Waals surface area contributed by atoms with Crippen LogP contribution in [0.25, 0.3) is 0 Å². The lowest BCUT2D eigenvalue weighted by atomic mass is 10.0. The molecule has 0 saturated carbocycles. The number of piperidine rings is 1. The fraction of sp³-hybridized carbons (Fsp3) is 0.923. The van der Waals surface area contributed by atoms with Crippen LogP contribution < -0.4 is 5.32 Å². The second-order valence-corrected chi connectivity index (χ2v) is 4.99. The largest absolute Gasteiger partial charge is 0.378 e. The zero-order valence-electron chi connectivity index (χ0n) is 11.9. The first-order chi connectivity index (χ1) is 8.65. The molecule has 0 spiro atoms. The second-order valence-electron chi connectivity index (χ2n) is 4.99. The van der Waals surface area contributed by atoms with E-state index < -0.39 is 0 Å². The molecular formula is C13H27N3O2. The van der Waals surface area contributed by atoms with E-state index in [9.17, 15) is 4.79 Å². The molecule has 1 amide bonds. The monoisotopic (exact) mass is 257 g/mol. The van der Waals surface area contributed by atoms with Crippen LogP contribution in [0.2, 0.25) is 0 Å². The molecule has 1 aliphatic heterocycles. The minimum atomic E-state index is 0.0190. The number of carbonyl (C=O) groups excluding carboxylic acids is 1. The fourth-order valence-corrected chi connectivity index (χ4v) is 2.12. The predicted octanol–water partition coefficient (Wildman–Crippen LogP) is 0.165. The van der Waals surface area contributed by atoms with Gasteiger partial charge in [0.2, 0.25) is 5.91 Å². The van der Waals surface area contributed by atoms with Crippen LogP contribution in [0, 0.1) is 0 Å². The maximum absolute atomic E-state index is 12.1. The van der Waals surface area contributed by atoms with Gasteiger partial charge >= 0.3 is 0 Å². The molecule has 1 rings (SSSR count). The van der Waals surface area contributed by atoms with Crippen molar-refractivity contribution in [3.05, 3.63) is 0 Å². The van der Waals surface area contributed by atoms with Crippen LogP contribution in [-0.2, 0) is 9.53 Å². The van der Waals surface area contributed by atoms with Crippen molar-refractivity contribution in [2.45, 2.75) is 25.8 Å². The molecule has 1 N–H and O–H groups in total. The van der Waals surface area contributed by atoms with Crippen molar-refractivity contribution in [2.24, 2.45) is 0 Å². The maximum Gasteiger partial charge on any atom is 0.239 e. The van der Waals surface area contributed by atoms with E-state index in [2.05, 4.69) is 10.2 Å². The molecule has 1 unspecified atom stereocenters. The van der Waals surface area contributed by atoms with Gasteiger partial charge in [0.05, 0.1) is 19.3 Å². The van der Waals surface area contributed by atoms with Crippen molar-refractivity contribution >= 4 is 5.91 Å². The molecule has 1 heterocycles. The summed E-state index contributed by atoms with van der Waals surface area (Å²) in [6, 6.07) is 0.0190. The summed E-state index contributed by atoms with van der Waals surface area (Å²) in [4.78, 5) is 16.1. The Hall–Kier alpha value is -0.650. The van der Waals surface area contributed by atoms with Gasteiger partial charge in [-0.1, -0.05) is 6.92 Å². The summed E-state index contributed by atoms with van der Waals surface area (Å²) in [6.45, 7) is 6.77. The molecule has 1 saturated heterocycles. The van der Waals surface area contributed by atoms with Crippen LogP contribution in [0.5, 0.6) is 0 Å². The van der Waals surface area contributed by atoms with E-state index in [4.69, 9.17) is 4.74 Å². The molecule has 5 heteroatoms. The zero-order chi connectivity index (χ0) is 13.4. The van der Waals surface area contributed by atoms with Crippen LogP contribution in [0.3, 0.4) is 0 Å². The Morgan fingerprint density at radius 2 is 2.22 bits per heavy atom. The molecular weight excluding hydrogens is 230 g/mol. The number of nitrogens with zero attached hydrogens (tertiary/aromatic N) is 2. The highest BCUT2D eigenvalue weighted by Crippen LogP contribution is 2.11. The fourth-order valence-electron chi connectivity index (χ4n) is 2.12. The molecule has 18 heavy (non-hydrogen) atoms. The summed E-state index contributed by atoms with van der Waals surface area (Å²) in [6.07, 6.45) is 2.05. The van der Waals surface area contributed by atoms with Gasteiger partial charge in [-0.2, -0.15) is 0 Å². The molecule has 106 valence electrons. The Morgan fingerprint density at radius 1 is 1.44 bits per heavy atom. The maximum atomic E-state index is 12.1. The number of hydrogen-bond acceptors (Lipinski definition) is 4. The molecule has 0 aromatic carbocycles. The number of carbonyl (C=O) groups is 1. The molecule has 0 bridgehead atoms. The topological polar surface area (TPSA) is 44.8 Å². The summed E-state index contributed by atoms with van der Waals surface area (Å²) in [5.41, 5.74) is 0. The van der Waals surface area contributed by atoms with Gasteiger partial charge in [-0.05, 0) is 33.5 Å². The number of ether oxygens (including phenoxy) is 1. The van der Waals surface area contributed by atoms with Crippen LogP contribution in [0.15, 0.2) is 0 Å². The zero-order valence-corrected chi connectivity index (χ0v) is 11.9. The third-order valence-corrected chi connectivity index (χ3v) is 3.17. The van der Waals surface area contributed by atoms with E-state index in [1.54, 1.807) is 0 Å². The van der Waals surface area contributed by atoms with Crippen LogP contribution in [0.1, 0.15) is 19.8 Å². The smallest absolute Gasteiger partial charge is 0.239 e. The van der Waals surface area contributed by atoms with Crippen molar-refractivity contribution in [3.63, 3.8) is 0 Å². The van der Waals surface area contributed by atoms with Gasteiger partial charge in [-0.3, -0.25) is 4.79 Å². The number of hydrogen-bond donors (Lipinski definition) is 1. The lowest BCUT2D eigenvalue weighted by Crippen LogP contribution is -2.51. The molecule has 1 aliphatic rings. The van der Waals surface area contributed by atoms with E-state index in [0.29, 0.717) is 13.2 Å². The Bertz CT molecular complexity index is 244. The SMILES string of the molecule is CCNC1CCCN(CCOCCN(C)C)C1=O.